The summed E-state index contributed by atoms with van der Waals surface area (Å²) in [7, 11) is 0. The summed E-state index contributed by atoms with van der Waals surface area (Å²) >= 11 is 0. The molecule has 0 aromatic heterocycles. The number of carbonyl (C=O) groups excluding carboxylic acids is 1. The lowest BCUT2D eigenvalue weighted by Gasteiger charge is -2.35. The lowest BCUT2D eigenvalue weighted by Crippen LogP contribution is -2.58. The Morgan fingerprint density at radius 1 is 1.33 bits per heavy atom. The fourth-order valence-corrected chi connectivity index (χ4v) is 2.98. The predicted molar refractivity (Wildman–Crippen MR) is 93.1 cm³/mol. The monoisotopic (exact) mass is 356 g/mol. The number of morpholine rings is 1. The van der Waals surface area contributed by atoms with E-state index in [9.17, 15) is 4.79 Å². The molecule has 24 heavy (non-hydrogen) atoms. The Kier molecular flexibility index (Phi) is 6.71. The molecule has 0 bridgehead atoms. The Bertz CT molecular complexity index is 557. The Hall–Kier alpha value is -1.50. The minimum atomic E-state index is -0.291. The van der Waals surface area contributed by atoms with Crippen LogP contribution in [0.3, 0.4) is 0 Å². The summed E-state index contributed by atoms with van der Waals surface area (Å²) in [4.78, 5) is 14.6. The summed E-state index contributed by atoms with van der Waals surface area (Å²) in [5, 5.41) is 3.25. The molecule has 2 aliphatic heterocycles. The highest BCUT2D eigenvalue weighted by Crippen LogP contribution is 2.31. The molecule has 2 aliphatic rings. The largest absolute Gasteiger partial charge is 0.486 e. The first kappa shape index (κ1) is 18.8. The summed E-state index contributed by atoms with van der Waals surface area (Å²) in [6.07, 6.45) is -0.275. The molecule has 6 nitrogen and oxygen atoms in total. The first-order valence-corrected chi connectivity index (χ1v) is 8.21. The second-order valence-corrected chi connectivity index (χ2v) is 5.88. The molecule has 1 fully saturated rings. The zero-order chi connectivity index (χ0) is 16.2. The van der Waals surface area contributed by atoms with Crippen LogP contribution in [0.25, 0.3) is 0 Å². The van der Waals surface area contributed by atoms with Crippen molar-refractivity contribution in [2.75, 3.05) is 32.8 Å². The van der Waals surface area contributed by atoms with Crippen LogP contribution in [0.1, 0.15) is 13.8 Å². The van der Waals surface area contributed by atoms with E-state index in [2.05, 4.69) is 5.32 Å². The van der Waals surface area contributed by atoms with Gasteiger partial charge in [0.2, 0.25) is 5.91 Å². The first-order chi connectivity index (χ1) is 11.2. The van der Waals surface area contributed by atoms with Crippen molar-refractivity contribution in [3.8, 4) is 11.5 Å². The van der Waals surface area contributed by atoms with Crippen LogP contribution >= 0.6 is 12.4 Å². The van der Waals surface area contributed by atoms with Gasteiger partial charge in [0.25, 0.3) is 0 Å². The second-order valence-electron chi connectivity index (χ2n) is 5.88. The van der Waals surface area contributed by atoms with Crippen LogP contribution in [0.15, 0.2) is 24.3 Å². The zero-order valence-corrected chi connectivity index (χ0v) is 14.9. The molecular weight excluding hydrogens is 332 g/mol. The number of halogens is 1. The maximum atomic E-state index is 12.7. The van der Waals surface area contributed by atoms with Crippen LogP contribution in [-0.4, -0.2) is 61.9 Å². The van der Waals surface area contributed by atoms with Gasteiger partial charge in [0.15, 0.2) is 17.6 Å². The van der Waals surface area contributed by atoms with Crippen LogP contribution in [0.4, 0.5) is 0 Å². The molecule has 0 radical (unpaired) electrons. The number of ether oxygens (including phenoxy) is 3. The number of hydrogen-bond donors (Lipinski definition) is 1. The maximum Gasteiger partial charge on any atom is 0.242 e. The zero-order valence-electron chi connectivity index (χ0n) is 14.1. The molecule has 3 atom stereocenters. The van der Waals surface area contributed by atoms with Gasteiger partial charge in [0, 0.05) is 13.1 Å². The number of hydrogen-bond acceptors (Lipinski definition) is 5. The van der Waals surface area contributed by atoms with Crippen molar-refractivity contribution in [1.82, 2.24) is 10.2 Å². The number of benzene rings is 1. The van der Waals surface area contributed by atoms with Gasteiger partial charge in [-0.25, -0.2) is 0 Å². The van der Waals surface area contributed by atoms with E-state index >= 15 is 0 Å². The van der Waals surface area contributed by atoms with E-state index in [1.807, 2.05) is 43.0 Å². The number of likely N-dealkylation sites (N-methyl/N-ethyl adjacent to an activating group) is 1. The van der Waals surface area contributed by atoms with Gasteiger partial charge >= 0.3 is 0 Å². The summed E-state index contributed by atoms with van der Waals surface area (Å²) in [6, 6.07) is 7.32. The number of carbonyl (C=O) groups is 1. The number of rotatable bonds is 4. The molecule has 3 rings (SSSR count). The van der Waals surface area contributed by atoms with Crippen LogP contribution < -0.4 is 14.8 Å². The highest BCUT2D eigenvalue weighted by atomic mass is 35.5. The molecule has 2 heterocycles. The van der Waals surface area contributed by atoms with Crippen LogP contribution in [0, 0.1) is 0 Å². The molecule has 134 valence electrons. The topological polar surface area (TPSA) is 60.0 Å². The van der Waals surface area contributed by atoms with Crippen LogP contribution in [0.5, 0.6) is 11.5 Å². The Morgan fingerprint density at radius 2 is 2.08 bits per heavy atom. The number of nitrogens with one attached hydrogen (secondary N) is 1. The van der Waals surface area contributed by atoms with Gasteiger partial charge in [0.05, 0.1) is 19.3 Å². The highest BCUT2D eigenvalue weighted by molar-refractivity contribution is 5.85. The highest BCUT2D eigenvalue weighted by Gasteiger charge is 2.33. The quantitative estimate of drug-likeness (QED) is 0.885. The minimum absolute atomic E-state index is 0. The van der Waals surface area contributed by atoms with Crippen LogP contribution in [0.2, 0.25) is 0 Å². The molecule has 1 unspecified atom stereocenters. The Morgan fingerprint density at radius 3 is 2.79 bits per heavy atom. The summed E-state index contributed by atoms with van der Waals surface area (Å²) < 4.78 is 17.3. The normalized spacial score (nSPS) is 25.5. The van der Waals surface area contributed by atoms with Crippen molar-refractivity contribution in [3.63, 3.8) is 0 Å². The van der Waals surface area contributed by atoms with Gasteiger partial charge in [-0.2, -0.15) is 0 Å². The second kappa shape index (κ2) is 8.55. The number of fused-ring (bicyclic) bond motifs is 1. The van der Waals surface area contributed by atoms with Crippen molar-refractivity contribution < 1.29 is 19.0 Å². The average Bonchev–Trinajstić information content (AvgIpc) is 2.59. The van der Waals surface area contributed by atoms with Gasteiger partial charge in [-0.3, -0.25) is 4.79 Å². The number of amides is 1. The Balaban J connectivity index is 0.00000208. The lowest BCUT2D eigenvalue weighted by molar-refractivity contribution is -0.140. The smallest absolute Gasteiger partial charge is 0.242 e. The average molecular weight is 357 g/mol. The molecule has 1 amide bonds. The molecule has 1 aromatic rings. The third-order valence-corrected chi connectivity index (χ3v) is 4.27. The third kappa shape index (κ3) is 4.12. The van der Waals surface area contributed by atoms with E-state index in [-0.39, 0.29) is 36.6 Å². The number of para-hydroxylation sites is 2. The molecule has 0 saturated carbocycles. The molecule has 1 saturated heterocycles. The molecule has 0 spiro atoms. The summed E-state index contributed by atoms with van der Waals surface area (Å²) in [5.74, 6) is 1.55. The van der Waals surface area contributed by atoms with Crippen molar-refractivity contribution in [2.24, 2.45) is 0 Å². The SMILES string of the molecule is CCN(CC1COc2ccccc2O1)C(=O)[C@H]1NCCO[C@@H]1C.Cl. The van der Waals surface area contributed by atoms with Crippen LogP contribution in [-0.2, 0) is 9.53 Å². The predicted octanol–water partition coefficient (Wildman–Crippen LogP) is 1.47. The molecule has 1 N–H and O–H groups in total. The summed E-state index contributed by atoms with van der Waals surface area (Å²) in [6.45, 7) is 6.84. The van der Waals surface area contributed by atoms with Crippen molar-refractivity contribution in [2.45, 2.75) is 32.1 Å². The van der Waals surface area contributed by atoms with E-state index in [1.165, 1.54) is 0 Å². The molecular formula is C17H25ClN2O4. The van der Waals surface area contributed by atoms with E-state index in [0.29, 0.717) is 32.8 Å². The van der Waals surface area contributed by atoms with Gasteiger partial charge in [-0.15, -0.1) is 12.4 Å². The van der Waals surface area contributed by atoms with Gasteiger partial charge in [-0.05, 0) is 26.0 Å². The van der Waals surface area contributed by atoms with E-state index in [4.69, 9.17) is 14.2 Å². The third-order valence-electron chi connectivity index (χ3n) is 4.27. The van der Waals surface area contributed by atoms with Crippen molar-refractivity contribution >= 4 is 18.3 Å². The van der Waals surface area contributed by atoms with Crippen molar-refractivity contribution in [3.05, 3.63) is 24.3 Å². The summed E-state index contributed by atoms with van der Waals surface area (Å²) in [5.41, 5.74) is 0. The fourth-order valence-electron chi connectivity index (χ4n) is 2.98. The Labute approximate surface area is 148 Å². The van der Waals surface area contributed by atoms with E-state index in [1.54, 1.807) is 0 Å². The number of nitrogens with zero attached hydrogens (tertiary/aromatic N) is 1. The molecule has 7 heteroatoms. The van der Waals surface area contributed by atoms with Gasteiger partial charge in [-0.1, -0.05) is 12.1 Å². The minimum Gasteiger partial charge on any atom is -0.486 e. The standard InChI is InChI=1S/C17H24N2O4.ClH/c1-3-19(17(20)16-12(2)21-9-8-18-16)10-13-11-22-14-6-4-5-7-15(14)23-13;/h4-7,12-13,16,18H,3,8-11H2,1-2H3;1H/t12-,13?,16+;/m1./s1. The molecule has 0 aliphatic carbocycles. The van der Waals surface area contributed by atoms with E-state index in [0.717, 1.165) is 11.5 Å². The fraction of sp³-hybridized carbons (Fsp3) is 0.588. The van der Waals surface area contributed by atoms with E-state index < -0.39 is 0 Å². The maximum absolute atomic E-state index is 12.7. The van der Waals surface area contributed by atoms with Gasteiger partial charge < -0.3 is 24.4 Å². The first-order valence-electron chi connectivity index (χ1n) is 8.21. The lowest BCUT2D eigenvalue weighted by atomic mass is 10.1. The molecule has 1 aromatic carbocycles. The van der Waals surface area contributed by atoms with Crippen molar-refractivity contribution in [1.29, 1.82) is 0 Å². The van der Waals surface area contributed by atoms with Gasteiger partial charge in [0.1, 0.15) is 12.6 Å².